The van der Waals surface area contributed by atoms with Crippen LogP contribution in [0.3, 0.4) is 0 Å². The molecule has 1 aliphatic rings. The Bertz CT molecular complexity index is 166. The van der Waals surface area contributed by atoms with Crippen molar-refractivity contribution in [2.75, 3.05) is 13.1 Å². The first-order chi connectivity index (χ1) is 5.65. The Morgan fingerprint density at radius 1 is 1.67 bits per heavy atom. The summed E-state index contributed by atoms with van der Waals surface area (Å²) in [7, 11) is 0. The minimum absolute atomic E-state index is 0.269. The Morgan fingerprint density at radius 3 is 2.58 bits per heavy atom. The standard InChI is InChI=1S/C9H18N2S/c1-3-11(6-8-4-5-8)7(2)9(10)12/h7-8H,3-6H2,1-2H3,(H2,10,12). The lowest BCUT2D eigenvalue weighted by Crippen LogP contribution is -2.42. The molecule has 0 aliphatic heterocycles. The van der Waals surface area contributed by atoms with Crippen molar-refractivity contribution in [3.8, 4) is 0 Å². The zero-order valence-corrected chi connectivity index (χ0v) is 8.73. The van der Waals surface area contributed by atoms with Gasteiger partial charge in [0.25, 0.3) is 0 Å². The summed E-state index contributed by atoms with van der Waals surface area (Å²) in [5, 5.41) is 0. The molecule has 1 rings (SSSR count). The summed E-state index contributed by atoms with van der Waals surface area (Å²) in [6.07, 6.45) is 2.78. The van der Waals surface area contributed by atoms with Gasteiger partial charge in [-0.25, -0.2) is 0 Å². The topological polar surface area (TPSA) is 29.3 Å². The molecular formula is C9H18N2S. The van der Waals surface area contributed by atoms with Crippen LogP contribution in [0.2, 0.25) is 0 Å². The first-order valence-electron chi connectivity index (χ1n) is 4.68. The van der Waals surface area contributed by atoms with E-state index >= 15 is 0 Å². The number of likely N-dealkylation sites (N-methyl/N-ethyl adjacent to an activating group) is 1. The summed E-state index contributed by atoms with van der Waals surface area (Å²) < 4.78 is 0. The molecule has 0 aromatic heterocycles. The molecule has 0 heterocycles. The normalized spacial score (nSPS) is 19.6. The van der Waals surface area contributed by atoms with Crippen LogP contribution < -0.4 is 5.73 Å². The molecule has 2 N–H and O–H groups in total. The first kappa shape index (κ1) is 9.93. The molecule has 2 nitrogen and oxygen atoms in total. The largest absolute Gasteiger partial charge is 0.392 e. The zero-order chi connectivity index (χ0) is 9.14. The van der Waals surface area contributed by atoms with Gasteiger partial charge in [-0.05, 0) is 32.2 Å². The molecule has 3 heteroatoms. The molecule has 12 heavy (non-hydrogen) atoms. The fraction of sp³-hybridized carbons (Fsp3) is 0.889. The van der Waals surface area contributed by atoms with Crippen LogP contribution in [-0.4, -0.2) is 29.0 Å². The van der Waals surface area contributed by atoms with Crippen molar-refractivity contribution in [3.05, 3.63) is 0 Å². The number of nitrogens with two attached hydrogens (primary N) is 1. The van der Waals surface area contributed by atoms with Gasteiger partial charge in [0.2, 0.25) is 0 Å². The van der Waals surface area contributed by atoms with E-state index in [1.807, 2.05) is 0 Å². The van der Waals surface area contributed by atoms with Gasteiger partial charge in [-0.1, -0.05) is 19.1 Å². The fourth-order valence-corrected chi connectivity index (χ4v) is 1.52. The maximum atomic E-state index is 5.60. The third-order valence-corrected chi connectivity index (χ3v) is 2.90. The molecule has 1 saturated carbocycles. The quantitative estimate of drug-likeness (QED) is 0.658. The Labute approximate surface area is 80.1 Å². The number of thiocarbonyl (C=S) groups is 1. The Kier molecular flexibility index (Phi) is 3.47. The maximum absolute atomic E-state index is 5.60. The van der Waals surface area contributed by atoms with Crippen LogP contribution in [0.25, 0.3) is 0 Å². The second-order valence-electron chi connectivity index (χ2n) is 3.61. The fourth-order valence-electron chi connectivity index (χ4n) is 1.37. The van der Waals surface area contributed by atoms with Crippen LogP contribution in [0, 0.1) is 5.92 Å². The van der Waals surface area contributed by atoms with Crippen LogP contribution in [0.5, 0.6) is 0 Å². The summed E-state index contributed by atoms with van der Waals surface area (Å²) in [6.45, 7) is 6.48. The van der Waals surface area contributed by atoms with Gasteiger partial charge in [0.1, 0.15) is 0 Å². The Balaban J connectivity index is 2.36. The van der Waals surface area contributed by atoms with Crippen molar-refractivity contribution in [3.63, 3.8) is 0 Å². The van der Waals surface area contributed by atoms with Gasteiger partial charge in [-0.2, -0.15) is 0 Å². The first-order valence-corrected chi connectivity index (χ1v) is 5.09. The molecular weight excluding hydrogens is 168 g/mol. The summed E-state index contributed by atoms with van der Waals surface area (Å²) in [5.41, 5.74) is 5.60. The third-order valence-electron chi connectivity index (χ3n) is 2.56. The highest BCUT2D eigenvalue weighted by Gasteiger charge is 2.26. The highest BCUT2D eigenvalue weighted by Crippen LogP contribution is 2.30. The number of hydrogen-bond acceptors (Lipinski definition) is 2. The molecule has 1 atom stereocenters. The molecule has 0 bridgehead atoms. The smallest absolute Gasteiger partial charge is 0.0899 e. The molecule has 0 saturated heterocycles. The molecule has 0 aromatic rings. The van der Waals surface area contributed by atoms with Crippen LogP contribution in [-0.2, 0) is 0 Å². The average molecular weight is 186 g/mol. The van der Waals surface area contributed by atoms with E-state index in [9.17, 15) is 0 Å². The predicted molar refractivity (Wildman–Crippen MR) is 56.2 cm³/mol. The monoisotopic (exact) mass is 186 g/mol. The van der Waals surface area contributed by atoms with E-state index in [1.165, 1.54) is 19.4 Å². The van der Waals surface area contributed by atoms with Crippen molar-refractivity contribution in [1.82, 2.24) is 4.90 Å². The van der Waals surface area contributed by atoms with E-state index in [2.05, 4.69) is 18.7 Å². The van der Waals surface area contributed by atoms with Crippen molar-refractivity contribution in [2.45, 2.75) is 32.7 Å². The van der Waals surface area contributed by atoms with E-state index in [0.717, 1.165) is 12.5 Å². The minimum Gasteiger partial charge on any atom is -0.392 e. The number of rotatable bonds is 5. The predicted octanol–water partition coefficient (Wildman–Crippen LogP) is 1.39. The van der Waals surface area contributed by atoms with E-state index in [4.69, 9.17) is 18.0 Å². The molecule has 0 spiro atoms. The molecule has 70 valence electrons. The van der Waals surface area contributed by atoms with Crippen LogP contribution in [0.1, 0.15) is 26.7 Å². The number of hydrogen-bond donors (Lipinski definition) is 1. The summed E-state index contributed by atoms with van der Waals surface area (Å²) in [4.78, 5) is 2.98. The Hall–Kier alpha value is -0.150. The van der Waals surface area contributed by atoms with Crippen molar-refractivity contribution in [1.29, 1.82) is 0 Å². The summed E-state index contributed by atoms with van der Waals surface area (Å²) in [5.74, 6) is 0.918. The Morgan fingerprint density at radius 2 is 2.25 bits per heavy atom. The minimum atomic E-state index is 0.269. The van der Waals surface area contributed by atoms with Crippen LogP contribution >= 0.6 is 12.2 Å². The van der Waals surface area contributed by atoms with Gasteiger partial charge in [-0.15, -0.1) is 0 Å². The third kappa shape index (κ3) is 2.72. The van der Waals surface area contributed by atoms with Crippen LogP contribution in [0.15, 0.2) is 0 Å². The maximum Gasteiger partial charge on any atom is 0.0899 e. The molecule has 0 radical (unpaired) electrons. The van der Waals surface area contributed by atoms with Gasteiger partial charge < -0.3 is 5.73 Å². The van der Waals surface area contributed by atoms with Crippen molar-refractivity contribution in [2.24, 2.45) is 11.7 Å². The highest BCUT2D eigenvalue weighted by atomic mass is 32.1. The van der Waals surface area contributed by atoms with Gasteiger partial charge in [-0.3, -0.25) is 4.90 Å². The van der Waals surface area contributed by atoms with Crippen molar-refractivity contribution >= 4 is 17.2 Å². The lowest BCUT2D eigenvalue weighted by atomic mass is 10.2. The number of nitrogens with zero attached hydrogens (tertiary/aromatic N) is 1. The highest BCUT2D eigenvalue weighted by molar-refractivity contribution is 7.80. The second kappa shape index (κ2) is 4.19. The molecule has 1 aliphatic carbocycles. The lowest BCUT2D eigenvalue weighted by molar-refractivity contribution is 0.256. The van der Waals surface area contributed by atoms with E-state index in [1.54, 1.807) is 0 Å². The van der Waals surface area contributed by atoms with Gasteiger partial charge in [0, 0.05) is 6.54 Å². The summed E-state index contributed by atoms with van der Waals surface area (Å²) in [6, 6.07) is 0.269. The lowest BCUT2D eigenvalue weighted by Gasteiger charge is -2.26. The van der Waals surface area contributed by atoms with E-state index < -0.39 is 0 Å². The van der Waals surface area contributed by atoms with E-state index in [0.29, 0.717) is 4.99 Å². The van der Waals surface area contributed by atoms with Crippen molar-refractivity contribution < 1.29 is 0 Å². The molecule has 1 fully saturated rings. The van der Waals surface area contributed by atoms with Gasteiger partial charge >= 0.3 is 0 Å². The SMILES string of the molecule is CCN(CC1CC1)C(C)C(N)=S. The summed E-state index contributed by atoms with van der Waals surface area (Å²) >= 11 is 4.97. The molecule has 0 amide bonds. The van der Waals surface area contributed by atoms with Gasteiger partial charge in [0.15, 0.2) is 0 Å². The zero-order valence-electron chi connectivity index (χ0n) is 7.92. The molecule has 1 unspecified atom stereocenters. The van der Waals surface area contributed by atoms with Crippen LogP contribution in [0.4, 0.5) is 0 Å². The van der Waals surface area contributed by atoms with E-state index in [-0.39, 0.29) is 6.04 Å². The second-order valence-corrected chi connectivity index (χ2v) is 4.08. The average Bonchev–Trinajstić information content (AvgIpc) is 2.82. The molecule has 0 aromatic carbocycles. The van der Waals surface area contributed by atoms with Gasteiger partial charge in [0.05, 0.1) is 11.0 Å².